The van der Waals surface area contributed by atoms with E-state index in [4.69, 9.17) is 0 Å². The van der Waals surface area contributed by atoms with Gasteiger partial charge in [-0.05, 0) is 59.3 Å². The van der Waals surface area contributed by atoms with Gasteiger partial charge in [-0.25, -0.2) is 4.79 Å². The first-order chi connectivity index (χ1) is 9.80. The summed E-state index contributed by atoms with van der Waals surface area (Å²) in [6.07, 6.45) is 2.15. The molecule has 0 spiro atoms. The van der Waals surface area contributed by atoms with Crippen molar-refractivity contribution in [3.8, 4) is 0 Å². The first-order valence-corrected chi connectivity index (χ1v) is 8.32. The third kappa shape index (κ3) is 6.97. The molecule has 0 bridgehead atoms. The molecule has 22 heavy (non-hydrogen) atoms. The van der Waals surface area contributed by atoms with Crippen LogP contribution >= 0.6 is 0 Å². The normalized spacial score (nSPS) is 22.9. The van der Waals surface area contributed by atoms with E-state index in [2.05, 4.69) is 57.5 Å². The summed E-state index contributed by atoms with van der Waals surface area (Å²) >= 11 is 0. The summed E-state index contributed by atoms with van der Waals surface area (Å²) in [4.78, 5) is 12.2. The molecule has 0 saturated carbocycles. The van der Waals surface area contributed by atoms with E-state index in [-0.39, 0.29) is 34.7 Å². The van der Waals surface area contributed by atoms with E-state index in [1.54, 1.807) is 6.92 Å². The molecule has 0 aromatic rings. The molecule has 5 nitrogen and oxygen atoms in total. The van der Waals surface area contributed by atoms with E-state index < -0.39 is 0 Å². The van der Waals surface area contributed by atoms with E-state index in [0.717, 1.165) is 12.8 Å². The number of amides is 2. The number of urea groups is 1. The zero-order valence-corrected chi connectivity index (χ0v) is 15.3. The lowest BCUT2D eigenvalue weighted by molar-refractivity contribution is 0.126. The Hall–Kier alpha value is -0.810. The molecule has 1 fully saturated rings. The minimum atomic E-state index is -0.356. The van der Waals surface area contributed by atoms with Crippen molar-refractivity contribution in [2.45, 2.75) is 91.0 Å². The van der Waals surface area contributed by atoms with Crippen LogP contribution in [0.15, 0.2) is 0 Å². The Labute approximate surface area is 135 Å². The average molecular weight is 313 g/mol. The smallest absolute Gasteiger partial charge is 0.315 e. The fourth-order valence-electron chi connectivity index (χ4n) is 3.85. The number of hydrogen-bond acceptors (Lipinski definition) is 3. The molecular weight excluding hydrogens is 278 g/mol. The fraction of sp³-hybridized carbons (Fsp3) is 0.941. The van der Waals surface area contributed by atoms with Gasteiger partial charge in [0.05, 0.1) is 6.10 Å². The maximum Gasteiger partial charge on any atom is 0.315 e. The van der Waals surface area contributed by atoms with Crippen LogP contribution in [-0.4, -0.2) is 40.9 Å². The van der Waals surface area contributed by atoms with Crippen LogP contribution in [0.1, 0.15) is 67.7 Å². The number of carbonyl (C=O) groups excluding carboxylic acids is 1. The Morgan fingerprint density at radius 1 is 1.27 bits per heavy atom. The van der Waals surface area contributed by atoms with Crippen molar-refractivity contribution in [3.05, 3.63) is 0 Å². The van der Waals surface area contributed by atoms with Crippen LogP contribution in [0.25, 0.3) is 0 Å². The number of hydrogen-bond donors (Lipinski definition) is 4. The first kappa shape index (κ1) is 19.2. The monoisotopic (exact) mass is 313 g/mol. The van der Waals surface area contributed by atoms with E-state index in [0.29, 0.717) is 13.0 Å². The zero-order chi connectivity index (χ0) is 17.2. The summed E-state index contributed by atoms with van der Waals surface area (Å²) in [6, 6.07) is 0.0586. The molecule has 0 aromatic heterocycles. The molecule has 4 N–H and O–H groups in total. The predicted molar refractivity (Wildman–Crippen MR) is 90.9 cm³/mol. The van der Waals surface area contributed by atoms with Gasteiger partial charge in [-0.2, -0.15) is 0 Å². The second kappa shape index (κ2) is 6.75. The molecule has 0 aromatic carbocycles. The van der Waals surface area contributed by atoms with Gasteiger partial charge in [-0.15, -0.1) is 0 Å². The third-order valence-corrected chi connectivity index (χ3v) is 4.10. The van der Waals surface area contributed by atoms with E-state index in [1.807, 2.05) is 0 Å². The average Bonchev–Trinajstić information content (AvgIpc) is 2.19. The minimum Gasteiger partial charge on any atom is -0.393 e. The molecule has 1 aliphatic heterocycles. The van der Waals surface area contributed by atoms with Crippen molar-refractivity contribution in [1.82, 2.24) is 16.0 Å². The van der Waals surface area contributed by atoms with E-state index >= 15 is 0 Å². The highest BCUT2D eigenvalue weighted by Gasteiger charge is 2.38. The largest absolute Gasteiger partial charge is 0.393 e. The Bertz CT molecular complexity index is 373. The van der Waals surface area contributed by atoms with Crippen LogP contribution in [0.3, 0.4) is 0 Å². The van der Waals surface area contributed by atoms with Crippen LogP contribution in [0.5, 0.6) is 0 Å². The van der Waals surface area contributed by atoms with Crippen molar-refractivity contribution in [2.75, 3.05) is 6.54 Å². The number of rotatable bonds is 5. The van der Waals surface area contributed by atoms with Crippen molar-refractivity contribution in [2.24, 2.45) is 5.41 Å². The molecule has 5 heteroatoms. The standard InChI is InChI=1S/C17H35N3O2/c1-12(21)8-15(2,3)11-18-14(22)19-13-9-16(4,5)20-17(6,7)10-13/h12-13,20-21H,8-11H2,1-7H3,(H2,18,19,22). The molecule has 1 rings (SSSR count). The van der Waals surface area contributed by atoms with Gasteiger partial charge in [0.1, 0.15) is 0 Å². The van der Waals surface area contributed by atoms with Gasteiger partial charge in [0.25, 0.3) is 0 Å². The van der Waals surface area contributed by atoms with Crippen LogP contribution < -0.4 is 16.0 Å². The Morgan fingerprint density at radius 3 is 2.23 bits per heavy atom. The Balaban J connectivity index is 2.48. The lowest BCUT2D eigenvalue weighted by Gasteiger charge is -2.46. The third-order valence-electron chi connectivity index (χ3n) is 4.10. The molecule has 0 aliphatic carbocycles. The van der Waals surface area contributed by atoms with E-state index in [9.17, 15) is 9.90 Å². The van der Waals surface area contributed by atoms with Gasteiger partial charge in [0, 0.05) is 23.7 Å². The minimum absolute atomic E-state index is 0.0191. The summed E-state index contributed by atoms with van der Waals surface area (Å²) in [5.41, 5.74) is -0.0747. The maximum absolute atomic E-state index is 12.2. The van der Waals surface area contributed by atoms with Crippen LogP contribution in [0.2, 0.25) is 0 Å². The maximum atomic E-state index is 12.2. The summed E-state index contributed by atoms with van der Waals surface area (Å²) < 4.78 is 0. The summed E-state index contributed by atoms with van der Waals surface area (Å²) in [5, 5.41) is 19.2. The molecule has 1 aliphatic rings. The summed E-state index contributed by atoms with van der Waals surface area (Å²) in [5.74, 6) is 0. The topological polar surface area (TPSA) is 73.4 Å². The molecule has 0 radical (unpaired) electrons. The highest BCUT2D eigenvalue weighted by molar-refractivity contribution is 5.74. The van der Waals surface area contributed by atoms with Crippen LogP contribution in [0, 0.1) is 5.41 Å². The fourth-order valence-corrected chi connectivity index (χ4v) is 3.85. The van der Waals surface area contributed by atoms with Crippen molar-refractivity contribution in [3.63, 3.8) is 0 Å². The zero-order valence-electron chi connectivity index (χ0n) is 15.3. The number of aliphatic hydroxyl groups excluding tert-OH is 1. The van der Waals surface area contributed by atoms with Gasteiger partial charge in [-0.3, -0.25) is 0 Å². The highest BCUT2D eigenvalue weighted by Crippen LogP contribution is 2.28. The van der Waals surface area contributed by atoms with Gasteiger partial charge in [0.15, 0.2) is 0 Å². The second-order valence-corrected chi connectivity index (χ2v) is 9.04. The van der Waals surface area contributed by atoms with Gasteiger partial charge in [-0.1, -0.05) is 13.8 Å². The van der Waals surface area contributed by atoms with Crippen molar-refractivity contribution >= 4 is 6.03 Å². The molecule has 1 atom stereocenters. The quantitative estimate of drug-likeness (QED) is 0.630. The molecule has 1 unspecified atom stereocenters. The Kier molecular flexibility index (Phi) is 5.90. The highest BCUT2D eigenvalue weighted by atomic mass is 16.3. The molecule has 1 saturated heterocycles. The van der Waals surface area contributed by atoms with Crippen molar-refractivity contribution < 1.29 is 9.90 Å². The number of aliphatic hydroxyl groups is 1. The number of piperidine rings is 1. The lowest BCUT2D eigenvalue weighted by atomic mass is 9.79. The van der Waals surface area contributed by atoms with Gasteiger partial charge < -0.3 is 21.1 Å². The summed E-state index contributed by atoms with van der Waals surface area (Å²) in [6.45, 7) is 15.1. The molecule has 1 heterocycles. The second-order valence-electron chi connectivity index (χ2n) is 9.04. The molecule has 2 amide bonds. The molecule has 130 valence electrons. The van der Waals surface area contributed by atoms with Gasteiger partial charge in [0.2, 0.25) is 0 Å². The number of nitrogens with one attached hydrogen (secondary N) is 3. The predicted octanol–water partition coefficient (Wildman–Crippen LogP) is 2.39. The Morgan fingerprint density at radius 2 is 1.77 bits per heavy atom. The number of carbonyl (C=O) groups is 1. The summed E-state index contributed by atoms with van der Waals surface area (Å²) in [7, 11) is 0. The first-order valence-electron chi connectivity index (χ1n) is 8.32. The molecular formula is C17H35N3O2. The van der Waals surface area contributed by atoms with Crippen molar-refractivity contribution in [1.29, 1.82) is 0 Å². The van der Waals surface area contributed by atoms with E-state index in [1.165, 1.54) is 0 Å². The van der Waals surface area contributed by atoms with Crippen LogP contribution in [-0.2, 0) is 0 Å². The van der Waals surface area contributed by atoms with Crippen LogP contribution in [0.4, 0.5) is 4.79 Å². The lowest BCUT2D eigenvalue weighted by Crippen LogP contribution is -2.62. The SMILES string of the molecule is CC(O)CC(C)(C)CNC(=O)NC1CC(C)(C)NC(C)(C)C1. The van der Waals surface area contributed by atoms with Gasteiger partial charge >= 0.3 is 6.03 Å².